The standard InChI is InChI=1S/C32H29NO/c34-30-21-20-24-12-5-7-17-27(24)31(30)32(25-13-2-1-3-14-25)33-22-9-8-19-29(33)28-18-10-15-23-11-4-6-16-26(23)28/h1-7,10-18,20-21,29,32,34H,8-9,19,22H2/t29-,32+/m1/s1. The average molecular weight is 444 g/mol. The van der Waals surface area contributed by atoms with Gasteiger partial charge in [-0.15, -0.1) is 0 Å². The lowest BCUT2D eigenvalue weighted by Crippen LogP contribution is -2.37. The SMILES string of the molecule is Oc1ccc2ccccc2c1[C@H](c1ccccc1)N1CCCC[C@@H]1c1cccc2ccccc12. The molecule has 5 aromatic carbocycles. The van der Waals surface area contributed by atoms with Crippen LogP contribution in [0.25, 0.3) is 21.5 Å². The van der Waals surface area contributed by atoms with E-state index in [1.165, 1.54) is 28.3 Å². The van der Waals surface area contributed by atoms with Crippen LogP contribution in [0.2, 0.25) is 0 Å². The minimum absolute atomic E-state index is 0.0310. The summed E-state index contributed by atoms with van der Waals surface area (Å²) in [6.45, 7) is 0.996. The summed E-state index contributed by atoms with van der Waals surface area (Å²) in [6.07, 6.45) is 3.49. The number of aromatic hydroxyl groups is 1. The average Bonchev–Trinajstić information content (AvgIpc) is 2.91. The van der Waals surface area contributed by atoms with Gasteiger partial charge in [-0.05, 0) is 58.1 Å². The van der Waals surface area contributed by atoms with Gasteiger partial charge in [-0.25, -0.2) is 0 Å². The molecule has 0 aromatic heterocycles. The second-order valence-electron chi connectivity index (χ2n) is 9.35. The highest BCUT2D eigenvalue weighted by Crippen LogP contribution is 2.46. The maximum atomic E-state index is 11.3. The first-order valence-electron chi connectivity index (χ1n) is 12.3. The summed E-state index contributed by atoms with van der Waals surface area (Å²) < 4.78 is 0. The first-order chi connectivity index (χ1) is 16.8. The van der Waals surface area contributed by atoms with Crippen LogP contribution >= 0.6 is 0 Å². The van der Waals surface area contributed by atoms with E-state index in [1.54, 1.807) is 0 Å². The Morgan fingerprint density at radius 1 is 0.647 bits per heavy atom. The van der Waals surface area contributed by atoms with E-state index in [-0.39, 0.29) is 12.1 Å². The smallest absolute Gasteiger partial charge is 0.121 e. The summed E-state index contributed by atoms with van der Waals surface area (Å²) in [6, 6.07) is 38.7. The molecule has 2 nitrogen and oxygen atoms in total. The Morgan fingerprint density at radius 3 is 2.15 bits per heavy atom. The number of likely N-dealkylation sites (tertiary alicyclic amines) is 1. The van der Waals surface area contributed by atoms with E-state index in [0.29, 0.717) is 5.75 Å². The van der Waals surface area contributed by atoms with Crippen molar-refractivity contribution in [1.29, 1.82) is 0 Å². The van der Waals surface area contributed by atoms with Gasteiger partial charge >= 0.3 is 0 Å². The maximum absolute atomic E-state index is 11.3. The van der Waals surface area contributed by atoms with E-state index in [1.807, 2.05) is 12.1 Å². The van der Waals surface area contributed by atoms with Crippen molar-refractivity contribution in [1.82, 2.24) is 4.90 Å². The maximum Gasteiger partial charge on any atom is 0.121 e. The number of phenolic OH excluding ortho intramolecular Hbond substituents is 1. The van der Waals surface area contributed by atoms with Gasteiger partial charge in [0.25, 0.3) is 0 Å². The van der Waals surface area contributed by atoms with Crippen molar-refractivity contribution in [3.63, 3.8) is 0 Å². The zero-order valence-corrected chi connectivity index (χ0v) is 19.3. The number of phenols is 1. The molecule has 0 aliphatic carbocycles. The molecule has 2 heteroatoms. The molecule has 168 valence electrons. The summed E-state index contributed by atoms with van der Waals surface area (Å²) in [5.74, 6) is 0.370. The van der Waals surface area contributed by atoms with E-state index in [4.69, 9.17) is 0 Å². The van der Waals surface area contributed by atoms with Crippen LogP contribution in [0, 0.1) is 0 Å². The second kappa shape index (κ2) is 8.96. The minimum Gasteiger partial charge on any atom is -0.508 e. The first-order valence-corrected chi connectivity index (χ1v) is 12.3. The van der Waals surface area contributed by atoms with Gasteiger partial charge in [-0.2, -0.15) is 0 Å². The molecule has 1 saturated heterocycles. The van der Waals surface area contributed by atoms with Crippen LogP contribution < -0.4 is 0 Å². The molecule has 0 radical (unpaired) electrons. The molecule has 1 fully saturated rings. The molecule has 1 aliphatic rings. The highest BCUT2D eigenvalue weighted by atomic mass is 16.3. The van der Waals surface area contributed by atoms with Crippen LogP contribution in [0.3, 0.4) is 0 Å². The van der Waals surface area contributed by atoms with E-state index in [0.717, 1.165) is 35.7 Å². The van der Waals surface area contributed by atoms with Gasteiger partial charge in [-0.3, -0.25) is 4.90 Å². The Bertz CT molecular complexity index is 1440. The molecular weight excluding hydrogens is 414 g/mol. The fourth-order valence-corrected chi connectivity index (χ4v) is 5.87. The summed E-state index contributed by atoms with van der Waals surface area (Å²) in [5, 5.41) is 16.2. The van der Waals surface area contributed by atoms with E-state index in [2.05, 4.69) is 102 Å². The van der Waals surface area contributed by atoms with Gasteiger partial charge in [0.15, 0.2) is 0 Å². The Hall–Kier alpha value is -3.62. The lowest BCUT2D eigenvalue weighted by molar-refractivity contribution is 0.113. The van der Waals surface area contributed by atoms with Crippen molar-refractivity contribution >= 4 is 21.5 Å². The minimum atomic E-state index is -0.0310. The fourth-order valence-electron chi connectivity index (χ4n) is 5.87. The number of benzene rings is 5. The molecule has 1 aliphatic heterocycles. The molecule has 1 heterocycles. The third-order valence-corrected chi connectivity index (χ3v) is 7.39. The van der Waals surface area contributed by atoms with Crippen LogP contribution in [-0.2, 0) is 0 Å². The van der Waals surface area contributed by atoms with Gasteiger partial charge < -0.3 is 5.11 Å². The number of fused-ring (bicyclic) bond motifs is 2. The van der Waals surface area contributed by atoms with E-state index < -0.39 is 0 Å². The van der Waals surface area contributed by atoms with Gasteiger partial charge in [-0.1, -0.05) is 110 Å². The molecule has 0 spiro atoms. The number of piperidine rings is 1. The topological polar surface area (TPSA) is 23.5 Å². The van der Waals surface area contributed by atoms with Crippen molar-refractivity contribution in [2.24, 2.45) is 0 Å². The van der Waals surface area contributed by atoms with Crippen LogP contribution in [0.1, 0.15) is 48.0 Å². The first kappa shape index (κ1) is 20.9. The third-order valence-electron chi connectivity index (χ3n) is 7.39. The normalized spacial score (nSPS) is 17.7. The highest BCUT2D eigenvalue weighted by molar-refractivity contribution is 5.89. The van der Waals surface area contributed by atoms with Gasteiger partial charge in [0, 0.05) is 11.6 Å². The molecule has 0 bridgehead atoms. The number of nitrogens with zero attached hydrogens (tertiary/aromatic N) is 1. The molecule has 1 N–H and O–H groups in total. The second-order valence-corrected chi connectivity index (χ2v) is 9.35. The zero-order valence-electron chi connectivity index (χ0n) is 19.3. The van der Waals surface area contributed by atoms with Crippen LogP contribution in [0.15, 0.2) is 109 Å². The van der Waals surface area contributed by atoms with Crippen molar-refractivity contribution in [2.45, 2.75) is 31.3 Å². The number of hydrogen-bond donors (Lipinski definition) is 1. The van der Waals surface area contributed by atoms with Crippen molar-refractivity contribution in [2.75, 3.05) is 6.54 Å². The summed E-state index contributed by atoms with van der Waals surface area (Å²) in [4.78, 5) is 2.64. The lowest BCUT2D eigenvalue weighted by atomic mass is 9.85. The Balaban J connectivity index is 1.58. The Labute approximate surface area is 201 Å². The van der Waals surface area contributed by atoms with Crippen LogP contribution in [0.4, 0.5) is 0 Å². The number of hydrogen-bond acceptors (Lipinski definition) is 2. The molecule has 2 atom stereocenters. The molecule has 0 amide bonds. The van der Waals surface area contributed by atoms with Gasteiger partial charge in [0.2, 0.25) is 0 Å². The third kappa shape index (κ3) is 3.65. The fraction of sp³-hybridized carbons (Fsp3) is 0.188. The summed E-state index contributed by atoms with van der Waals surface area (Å²) >= 11 is 0. The lowest BCUT2D eigenvalue weighted by Gasteiger charge is -2.43. The molecule has 5 aromatic rings. The number of rotatable bonds is 4. The summed E-state index contributed by atoms with van der Waals surface area (Å²) in [7, 11) is 0. The predicted molar refractivity (Wildman–Crippen MR) is 141 cm³/mol. The van der Waals surface area contributed by atoms with Gasteiger partial charge in [0.1, 0.15) is 5.75 Å². The molecule has 6 rings (SSSR count). The van der Waals surface area contributed by atoms with Gasteiger partial charge in [0.05, 0.1) is 6.04 Å². The van der Waals surface area contributed by atoms with E-state index >= 15 is 0 Å². The molecule has 34 heavy (non-hydrogen) atoms. The van der Waals surface area contributed by atoms with Crippen LogP contribution in [-0.4, -0.2) is 16.6 Å². The zero-order chi connectivity index (χ0) is 22.9. The Kier molecular flexibility index (Phi) is 5.52. The molecular formula is C32H29NO. The Morgan fingerprint density at radius 2 is 1.32 bits per heavy atom. The monoisotopic (exact) mass is 443 g/mol. The highest BCUT2D eigenvalue weighted by Gasteiger charge is 2.34. The van der Waals surface area contributed by atoms with E-state index in [9.17, 15) is 5.11 Å². The van der Waals surface area contributed by atoms with Crippen molar-refractivity contribution in [3.8, 4) is 5.75 Å². The predicted octanol–water partition coefficient (Wildman–Crippen LogP) is 8.02. The van der Waals surface area contributed by atoms with Crippen molar-refractivity contribution in [3.05, 3.63) is 126 Å². The molecule has 0 unspecified atom stereocenters. The van der Waals surface area contributed by atoms with Crippen LogP contribution in [0.5, 0.6) is 5.75 Å². The largest absolute Gasteiger partial charge is 0.508 e. The summed E-state index contributed by atoms with van der Waals surface area (Å²) in [5.41, 5.74) is 3.62. The quantitative estimate of drug-likeness (QED) is 0.304. The molecule has 0 saturated carbocycles. The van der Waals surface area contributed by atoms with Crippen molar-refractivity contribution < 1.29 is 5.11 Å².